The van der Waals surface area contributed by atoms with Gasteiger partial charge in [0, 0.05) is 13.1 Å². The van der Waals surface area contributed by atoms with Crippen LogP contribution < -0.4 is 0 Å². The molecule has 0 saturated carbocycles. The van der Waals surface area contributed by atoms with Crippen LogP contribution in [0.5, 0.6) is 0 Å². The summed E-state index contributed by atoms with van der Waals surface area (Å²) in [5.74, 6) is -0.901. The summed E-state index contributed by atoms with van der Waals surface area (Å²) < 4.78 is 5.41. The number of amides is 1. The maximum Gasteiger partial charge on any atom is 0.306 e. The van der Waals surface area contributed by atoms with E-state index in [2.05, 4.69) is 12.1 Å². The van der Waals surface area contributed by atoms with Gasteiger partial charge in [-0.2, -0.15) is 0 Å². The number of hydrogen-bond acceptors (Lipinski definition) is 3. The zero-order valence-corrected chi connectivity index (χ0v) is 13.9. The van der Waals surface area contributed by atoms with Gasteiger partial charge in [-0.25, -0.2) is 0 Å². The largest absolute Gasteiger partial charge is 0.481 e. The Hall–Kier alpha value is -2.66. The highest BCUT2D eigenvalue weighted by atomic mass is 16.5. The van der Waals surface area contributed by atoms with Gasteiger partial charge < -0.3 is 14.7 Å². The normalized spacial score (nSPS) is 17.3. The molecular weight excluding hydrogens is 318 g/mol. The van der Waals surface area contributed by atoms with Crippen LogP contribution in [0.1, 0.15) is 12.0 Å². The highest BCUT2D eigenvalue weighted by Gasteiger charge is 2.25. The van der Waals surface area contributed by atoms with E-state index in [9.17, 15) is 9.59 Å². The molecule has 1 saturated heterocycles. The summed E-state index contributed by atoms with van der Waals surface area (Å²) in [4.78, 5) is 25.0. The first-order valence-electron chi connectivity index (χ1n) is 8.37. The molecule has 0 aromatic heterocycles. The predicted octanol–water partition coefficient (Wildman–Crippen LogP) is 2.60. The quantitative estimate of drug-likeness (QED) is 0.909. The zero-order valence-electron chi connectivity index (χ0n) is 13.9. The Labute approximate surface area is 146 Å². The molecule has 0 bridgehead atoms. The second-order valence-corrected chi connectivity index (χ2v) is 6.17. The Morgan fingerprint density at radius 2 is 1.72 bits per heavy atom. The third-order valence-corrected chi connectivity index (χ3v) is 4.31. The molecule has 130 valence electrons. The highest BCUT2D eigenvalue weighted by molar-refractivity contribution is 5.79. The van der Waals surface area contributed by atoms with Gasteiger partial charge >= 0.3 is 5.97 Å². The fourth-order valence-electron chi connectivity index (χ4n) is 3.00. The molecule has 1 aliphatic heterocycles. The third-order valence-electron chi connectivity index (χ3n) is 4.31. The van der Waals surface area contributed by atoms with Crippen molar-refractivity contribution in [1.82, 2.24) is 4.90 Å². The van der Waals surface area contributed by atoms with Crippen molar-refractivity contribution in [2.75, 3.05) is 19.7 Å². The van der Waals surface area contributed by atoms with Crippen molar-refractivity contribution >= 4 is 11.9 Å². The Bertz CT molecular complexity index is 727. The molecular formula is C20H21NO4. The minimum absolute atomic E-state index is 0.00569. The first-order valence-corrected chi connectivity index (χ1v) is 8.37. The number of benzene rings is 2. The number of carbonyl (C=O) groups is 2. The lowest BCUT2D eigenvalue weighted by atomic mass is 10.0. The lowest BCUT2D eigenvalue weighted by molar-refractivity contribution is -0.147. The Balaban J connectivity index is 1.60. The Morgan fingerprint density at radius 1 is 1.04 bits per heavy atom. The van der Waals surface area contributed by atoms with E-state index in [1.165, 1.54) is 0 Å². The summed E-state index contributed by atoms with van der Waals surface area (Å²) in [5.41, 5.74) is 3.21. The van der Waals surface area contributed by atoms with Crippen molar-refractivity contribution < 1.29 is 19.4 Å². The second kappa shape index (κ2) is 7.94. The van der Waals surface area contributed by atoms with Crippen LogP contribution in [0.15, 0.2) is 54.6 Å². The molecule has 2 aromatic rings. The average Bonchev–Trinajstić information content (AvgIpc) is 2.63. The summed E-state index contributed by atoms with van der Waals surface area (Å²) in [6.07, 6.45) is -0.180. The molecule has 0 aliphatic carbocycles. The average molecular weight is 339 g/mol. The number of hydrogen-bond donors (Lipinski definition) is 1. The first-order chi connectivity index (χ1) is 12.1. The number of rotatable bonds is 5. The van der Waals surface area contributed by atoms with Gasteiger partial charge in [-0.3, -0.25) is 9.59 Å². The van der Waals surface area contributed by atoms with Crippen LogP contribution in [-0.4, -0.2) is 47.7 Å². The Kier molecular flexibility index (Phi) is 5.46. The maximum absolute atomic E-state index is 12.5. The number of carboxylic acid groups (broad SMARTS) is 1. The van der Waals surface area contributed by atoms with Gasteiger partial charge in [0.2, 0.25) is 5.91 Å². The zero-order chi connectivity index (χ0) is 17.6. The standard InChI is InChI=1S/C20H21NO4/c22-19(21-10-11-25-18(14-21)13-20(23)24)12-15-6-8-17(9-7-15)16-4-2-1-3-5-16/h1-9,18H,10-14H2,(H,23,24). The van der Waals surface area contributed by atoms with E-state index in [1.54, 1.807) is 4.90 Å². The maximum atomic E-state index is 12.5. The monoisotopic (exact) mass is 339 g/mol. The molecule has 2 aromatic carbocycles. The molecule has 1 N–H and O–H groups in total. The number of carboxylic acids is 1. The molecule has 3 rings (SSSR count). The summed E-state index contributed by atoms with van der Waals surface area (Å²) in [7, 11) is 0. The van der Waals surface area contributed by atoms with Crippen LogP contribution in [0, 0.1) is 0 Å². The summed E-state index contributed by atoms with van der Waals surface area (Å²) in [6.45, 7) is 1.24. The number of carbonyl (C=O) groups excluding carboxylic acids is 1. The molecule has 25 heavy (non-hydrogen) atoms. The van der Waals surface area contributed by atoms with Gasteiger partial charge in [-0.15, -0.1) is 0 Å². The lowest BCUT2D eigenvalue weighted by Crippen LogP contribution is -2.46. The fourth-order valence-corrected chi connectivity index (χ4v) is 3.00. The van der Waals surface area contributed by atoms with E-state index in [-0.39, 0.29) is 12.3 Å². The molecule has 1 aliphatic rings. The Morgan fingerprint density at radius 3 is 2.40 bits per heavy atom. The summed E-state index contributed by atoms with van der Waals surface area (Å²) >= 11 is 0. The van der Waals surface area contributed by atoms with Gasteiger partial charge in [0.15, 0.2) is 0 Å². The van der Waals surface area contributed by atoms with Crippen LogP contribution in [0.4, 0.5) is 0 Å². The van der Waals surface area contributed by atoms with E-state index in [0.29, 0.717) is 26.1 Å². The van der Waals surface area contributed by atoms with E-state index < -0.39 is 12.1 Å². The minimum atomic E-state index is -0.907. The molecule has 1 fully saturated rings. The summed E-state index contributed by atoms with van der Waals surface area (Å²) in [5, 5.41) is 8.86. The SMILES string of the molecule is O=C(O)CC1CN(C(=O)Cc2ccc(-c3ccccc3)cc2)CCO1. The van der Waals surface area contributed by atoms with Gasteiger partial charge in [0.05, 0.1) is 25.6 Å². The molecule has 1 unspecified atom stereocenters. The van der Waals surface area contributed by atoms with E-state index in [1.807, 2.05) is 42.5 Å². The third kappa shape index (κ3) is 4.67. The van der Waals surface area contributed by atoms with Crippen LogP contribution in [0.25, 0.3) is 11.1 Å². The van der Waals surface area contributed by atoms with Crippen LogP contribution in [0.3, 0.4) is 0 Å². The number of aliphatic carboxylic acids is 1. The lowest BCUT2D eigenvalue weighted by Gasteiger charge is -2.32. The molecule has 0 spiro atoms. The molecule has 5 nitrogen and oxygen atoms in total. The number of morpholine rings is 1. The molecule has 1 atom stereocenters. The van der Waals surface area contributed by atoms with Gasteiger partial charge in [0.25, 0.3) is 0 Å². The summed E-state index contributed by atoms with van der Waals surface area (Å²) in [6, 6.07) is 18.1. The van der Waals surface area contributed by atoms with Gasteiger partial charge in [-0.05, 0) is 16.7 Å². The van der Waals surface area contributed by atoms with Crippen LogP contribution in [0.2, 0.25) is 0 Å². The van der Waals surface area contributed by atoms with Crippen molar-refractivity contribution in [2.45, 2.75) is 18.9 Å². The second-order valence-electron chi connectivity index (χ2n) is 6.17. The van der Waals surface area contributed by atoms with E-state index >= 15 is 0 Å². The van der Waals surface area contributed by atoms with Crippen molar-refractivity contribution in [2.24, 2.45) is 0 Å². The molecule has 1 heterocycles. The molecule has 0 radical (unpaired) electrons. The highest BCUT2D eigenvalue weighted by Crippen LogP contribution is 2.20. The van der Waals surface area contributed by atoms with E-state index in [4.69, 9.17) is 9.84 Å². The van der Waals surface area contributed by atoms with Gasteiger partial charge in [-0.1, -0.05) is 54.6 Å². The van der Waals surface area contributed by atoms with E-state index in [0.717, 1.165) is 16.7 Å². The van der Waals surface area contributed by atoms with Crippen molar-refractivity contribution in [3.63, 3.8) is 0 Å². The predicted molar refractivity (Wildman–Crippen MR) is 94.2 cm³/mol. The number of nitrogens with zero attached hydrogens (tertiary/aromatic N) is 1. The van der Waals surface area contributed by atoms with Gasteiger partial charge in [0.1, 0.15) is 0 Å². The molecule has 5 heteroatoms. The fraction of sp³-hybridized carbons (Fsp3) is 0.300. The first kappa shape index (κ1) is 17.2. The van der Waals surface area contributed by atoms with Crippen molar-refractivity contribution in [1.29, 1.82) is 0 Å². The van der Waals surface area contributed by atoms with Crippen molar-refractivity contribution in [3.05, 3.63) is 60.2 Å². The van der Waals surface area contributed by atoms with Crippen molar-refractivity contribution in [3.8, 4) is 11.1 Å². The smallest absolute Gasteiger partial charge is 0.306 e. The molecule has 1 amide bonds. The topological polar surface area (TPSA) is 66.8 Å². The van der Waals surface area contributed by atoms with Crippen LogP contribution >= 0.6 is 0 Å². The number of ether oxygens (including phenoxy) is 1. The minimum Gasteiger partial charge on any atom is -0.481 e. The van der Waals surface area contributed by atoms with Crippen LogP contribution in [-0.2, 0) is 20.7 Å².